The monoisotopic (exact) mass is 568 g/mol. The Morgan fingerprint density at radius 2 is 0.486 bits per heavy atom. The van der Waals surface area contributed by atoms with Crippen LogP contribution in [0.4, 0.5) is 0 Å². The fraction of sp³-hybridized carbons (Fsp3) is 1.00. The second kappa shape index (κ2) is 23.3. The van der Waals surface area contributed by atoms with Gasteiger partial charge in [0, 0.05) is 21.7 Å². The smallest absolute Gasteiger partial charge is 0.0642 e. The first-order valence-corrected chi connectivity index (χ1v) is 15.1. The maximum atomic E-state index is 9.59. The van der Waals surface area contributed by atoms with E-state index in [1.165, 1.54) is 0 Å². The van der Waals surface area contributed by atoms with E-state index in [1.807, 2.05) is 55.4 Å². The molecule has 0 heterocycles. The van der Waals surface area contributed by atoms with Gasteiger partial charge in [-0.1, -0.05) is 109 Å². The first kappa shape index (κ1) is 47.3. The fourth-order valence-corrected chi connectivity index (χ4v) is 3.15. The molecule has 0 aliphatic carbocycles. The molecule has 5 heteroatoms. The molecule has 4 N–H and O–H groups in total. The molecule has 0 fully saturated rings. The van der Waals surface area contributed by atoms with E-state index in [0.717, 1.165) is 51.4 Å². The summed E-state index contributed by atoms with van der Waals surface area (Å²) in [4.78, 5) is 0. The van der Waals surface area contributed by atoms with Crippen LogP contribution in [0.3, 0.4) is 0 Å². The molecule has 4 nitrogen and oxygen atoms in total. The Morgan fingerprint density at radius 1 is 0.378 bits per heavy atom. The topological polar surface area (TPSA) is 80.9 Å². The van der Waals surface area contributed by atoms with Crippen LogP contribution >= 0.6 is 0 Å². The van der Waals surface area contributed by atoms with Gasteiger partial charge in [-0.2, -0.15) is 0 Å². The second-order valence-electron chi connectivity index (χ2n) is 12.1. The van der Waals surface area contributed by atoms with Crippen LogP contribution in [0, 0.1) is 23.7 Å². The van der Waals surface area contributed by atoms with Crippen molar-refractivity contribution in [2.45, 2.75) is 185 Å². The van der Waals surface area contributed by atoms with Crippen LogP contribution in [0.15, 0.2) is 0 Å². The summed E-state index contributed by atoms with van der Waals surface area (Å²) in [7, 11) is 0. The van der Waals surface area contributed by atoms with Crippen LogP contribution in [0.5, 0.6) is 0 Å². The van der Waals surface area contributed by atoms with Crippen LogP contribution in [0.1, 0.15) is 162 Å². The third kappa shape index (κ3) is 22.0. The molecule has 0 aromatic heterocycles. The average molecular weight is 569 g/mol. The number of hydrogen-bond donors (Lipinski definition) is 4. The van der Waals surface area contributed by atoms with E-state index in [0.29, 0.717) is 23.7 Å². The second-order valence-corrected chi connectivity index (χ2v) is 12.1. The van der Waals surface area contributed by atoms with Crippen molar-refractivity contribution in [2.24, 2.45) is 23.7 Å². The van der Waals surface area contributed by atoms with Crippen molar-refractivity contribution < 1.29 is 42.1 Å². The van der Waals surface area contributed by atoms with Gasteiger partial charge in [0.25, 0.3) is 0 Å². The summed E-state index contributed by atoms with van der Waals surface area (Å²) in [6, 6.07) is 0. The largest absolute Gasteiger partial charge is 0.390 e. The third-order valence-corrected chi connectivity index (χ3v) is 9.56. The van der Waals surface area contributed by atoms with Crippen LogP contribution in [0.25, 0.3) is 0 Å². The molecule has 37 heavy (non-hydrogen) atoms. The van der Waals surface area contributed by atoms with Crippen LogP contribution in [-0.4, -0.2) is 42.8 Å². The van der Waals surface area contributed by atoms with Gasteiger partial charge >= 0.3 is 0 Å². The molecule has 0 radical (unpaired) electrons. The Labute approximate surface area is 249 Å². The SMILES string of the molecule is CCC(C)C(C)(O)CC.CCC(C)C(C)(O)CC.CCC(C)C(C)(O)CC.CCC(C)C(C)(O)CC.[Ti]. The van der Waals surface area contributed by atoms with Gasteiger partial charge in [-0.25, -0.2) is 0 Å². The molecular weight excluding hydrogens is 496 g/mol. The number of aliphatic hydroxyl groups is 4. The summed E-state index contributed by atoms with van der Waals surface area (Å²) < 4.78 is 0. The fourth-order valence-electron chi connectivity index (χ4n) is 3.15. The van der Waals surface area contributed by atoms with Crippen LogP contribution in [-0.2, 0) is 21.7 Å². The van der Waals surface area contributed by atoms with Crippen LogP contribution in [0.2, 0.25) is 0 Å². The van der Waals surface area contributed by atoms with Crippen molar-refractivity contribution in [1.29, 1.82) is 0 Å². The van der Waals surface area contributed by atoms with Gasteiger partial charge in [0.1, 0.15) is 0 Å². The summed E-state index contributed by atoms with van der Waals surface area (Å²) in [6.45, 7) is 32.5. The zero-order valence-electron chi connectivity index (χ0n) is 28.3. The van der Waals surface area contributed by atoms with E-state index in [4.69, 9.17) is 0 Å². The van der Waals surface area contributed by atoms with Crippen molar-refractivity contribution in [3.05, 3.63) is 0 Å². The normalized spacial score (nSPS) is 20.4. The minimum atomic E-state index is -0.450. The van der Waals surface area contributed by atoms with Crippen LogP contribution < -0.4 is 0 Å². The first-order chi connectivity index (χ1) is 16.2. The zero-order valence-corrected chi connectivity index (χ0v) is 29.8. The van der Waals surface area contributed by atoms with E-state index in [2.05, 4.69) is 55.4 Å². The maximum absolute atomic E-state index is 9.59. The molecule has 0 spiro atoms. The average Bonchev–Trinajstić information content (AvgIpc) is 2.87. The van der Waals surface area contributed by atoms with Gasteiger partial charge in [-0.05, 0) is 77.0 Å². The van der Waals surface area contributed by atoms with Crippen molar-refractivity contribution in [1.82, 2.24) is 0 Å². The Morgan fingerprint density at radius 3 is 0.514 bits per heavy atom. The number of rotatable bonds is 12. The van der Waals surface area contributed by atoms with Gasteiger partial charge in [-0.15, -0.1) is 0 Å². The molecule has 228 valence electrons. The Balaban J connectivity index is -0.000000122. The van der Waals surface area contributed by atoms with E-state index in [1.54, 1.807) is 0 Å². The molecule has 8 atom stereocenters. The van der Waals surface area contributed by atoms with Crippen molar-refractivity contribution in [3.63, 3.8) is 0 Å². The van der Waals surface area contributed by atoms with E-state index in [-0.39, 0.29) is 21.7 Å². The van der Waals surface area contributed by atoms with Crippen molar-refractivity contribution in [2.75, 3.05) is 0 Å². The van der Waals surface area contributed by atoms with Crippen molar-refractivity contribution >= 4 is 0 Å². The first-order valence-electron chi connectivity index (χ1n) is 15.1. The van der Waals surface area contributed by atoms with Gasteiger partial charge in [0.15, 0.2) is 0 Å². The molecule has 0 saturated carbocycles. The standard InChI is InChI=1S/4C8H18O.Ti/c4*1-5-7(3)8(4,9)6-2;/h4*7,9H,5-6H2,1-4H3;. The maximum Gasteiger partial charge on any atom is 0.0642 e. The van der Waals surface area contributed by atoms with E-state index in [9.17, 15) is 20.4 Å². The molecule has 0 amide bonds. The molecule has 0 aliphatic rings. The predicted molar refractivity (Wildman–Crippen MR) is 161 cm³/mol. The summed E-state index contributed by atoms with van der Waals surface area (Å²) >= 11 is 0. The molecule has 0 rings (SSSR count). The number of hydrogen-bond acceptors (Lipinski definition) is 4. The molecule has 0 aromatic carbocycles. The predicted octanol–water partition coefficient (Wildman–Crippen LogP) is 8.77. The zero-order chi connectivity index (χ0) is 30.0. The third-order valence-electron chi connectivity index (χ3n) is 9.56. The van der Waals surface area contributed by atoms with Gasteiger partial charge in [0.2, 0.25) is 0 Å². The Kier molecular flexibility index (Phi) is 29.8. The summed E-state index contributed by atoms with van der Waals surface area (Å²) in [5, 5.41) is 38.4. The molecule has 0 bridgehead atoms. The summed E-state index contributed by atoms with van der Waals surface area (Å²) in [5.41, 5.74) is -1.80. The van der Waals surface area contributed by atoms with Gasteiger partial charge in [-0.3, -0.25) is 0 Å². The Hall–Kier alpha value is 0.554. The minimum Gasteiger partial charge on any atom is -0.390 e. The van der Waals surface area contributed by atoms with Gasteiger partial charge in [0.05, 0.1) is 22.4 Å². The summed E-state index contributed by atoms with van der Waals surface area (Å²) in [6.07, 6.45) is 7.62. The Bertz CT molecular complexity index is 401. The molecule has 0 aromatic rings. The molecule has 0 aliphatic heterocycles. The van der Waals surface area contributed by atoms with E-state index < -0.39 is 22.4 Å². The van der Waals surface area contributed by atoms with Crippen molar-refractivity contribution in [3.8, 4) is 0 Å². The minimum absolute atomic E-state index is 0. The van der Waals surface area contributed by atoms with E-state index >= 15 is 0 Å². The quantitative estimate of drug-likeness (QED) is 0.177. The van der Waals surface area contributed by atoms with Gasteiger partial charge < -0.3 is 20.4 Å². The molecule has 8 unspecified atom stereocenters. The molecule has 0 saturated heterocycles. The molecular formula is C32H72O4Ti. The summed E-state index contributed by atoms with van der Waals surface area (Å²) in [5.74, 6) is 1.68.